The van der Waals surface area contributed by atoms with Crippen LogP contribution in [-0.4, -0.2) is 73.6 Å². The van der Waals surface area contributed by atoms with Crippen LogP contribution in [0, 0.1) is 0 Å². The molecule has 0 spiro atoms. The van der Waals surface area contributed by atoms with Crippen LogP contribution < -0.4 is 0 Å². The average Bonchev–Trinajstić information content (AvgIpc) is 3.07. The molecule has 1 fully saturated rings. The van der Waals surface area contributed by atoms with Crippen molar-refractivity contribution in [3.05, 3.63) is 16.8 Å². The third-order valence-electron chi connectivity index (χ3n) is 4.32. The molecule has 5 atom stereocenters. The fraction of sp³-hybridized carbons (Fsp3) is 0.529. The van der Waals surface area contributed by atoms with Crippen molar-refractivity contribution >= 4 is 52.3 Å². The Labute approximate surface area is 185 Å². The van der Waals surface area contributed by atoms with Crippen LogP contribution in [0.2, 0.25) is 10.4 Å². The summed E-state index contributed by atoms with van der Waals surface area (Å²) < 4.78 is 22.7. The number of aliphatic hydroxyl groups is 1. The molecule has 0 radical (unpaired) electrons. The first-order valence-electron chi connectivity index (χ1n) is 8.95. The summed E-state index contributed by atoms with van der Waals surface area (Å²) in [4.78, 5) is 46.6. The summed E-state index contributed by atoms with van der Waals surface area (Å²) in [5.74, 6) is -2.06. The van der Waals surface area contributed by atoms with Crippen LogP contribution in [0.15, 0.2) is 6.33 Å². The molecule has 1 saturated heterocycles. The van der Waals surface area contributed by atoms with Gasteiger partial charge in [0, 0.05) is 20.8 Å². The van der Waals surface area contributed by atoms with Gasteiger partial charge in [0.2, 0.25) is 5.28 Å². The highest BCUT2D eigenvalue weighted by Crippen LogP contribution is 2.35. The number of esters is 3. The fourth-order valence-electron chi connectivity index (χ4n) is 3.17. The Morgan fingerprint density at radius 3 is 2.35 bits per heavy atom. The highest BCUT2D eigenvalue weighted by atomic mass is 35.5. The maximum absolute atomic E-state index is 11.7. The lowest BCUT2D eigenvalue weighted by Crippen LogP contribution is -2.59. The van der Waals surface area contributed by atoms with E-state index in [1.165, 1.54) is 17.8 Å². The molecule has 0 amide bonds. The van der Waals surface area contributed by atoms with E-state index >= 15 is 0 Å². The zero-order valence-corrected chi connectivity index (χ0v) is 18.0. The second-order valence-electron chi connectivity index (χ2n) is 6.61. The Bertz CT molecular complexity index is 1010. The summed E-state index contributed by atoms with van der Waals surface area (Å²) in [5.41, 5.74) is 0.320. The van der Waals surface area contributed by atoms with Gasteiger partial charge >= 0.3 is 17.9 Å². The topological polar surface area (TPSA) is 152 Å². The number of nitrogens with zero attached hydrogens (tertiary/aromatic N) is 4. The maximum atomic E-state index is 11.7. The number of hydrogen-bond donors (Lipinski definition) is 1. The molecule has 3 heterocycles. The molecule has 12 nitrogen and oxygen atoms in total. The third kappa shape index (κ3) is 5.03. The number of imidazole rings is 1. The number of halogens is 2. The van der Waals surface area contributed by atoms with Gasteiger partial charge in [-0.15, -0.1) is 0 Å². The number of fused-ring (bicyclic) bond motifs is 1. The zero-order chi connectivity index (χ0) is 22.9. The molecular formula is C17H18Cl2N4O8. The highest BCUT2D eigenvalue weighted by molar-refractivity contribution is 6.35. The van der Waals surface area contributed by atoms with Crippen LogP contribution in [0.4, 0.5) is 0 Å². The van der Waals surface area contributed by atoms with Gasteiger partial charge in [0.1, 0.15) is 24.3 Å². The first kappa shape index (κ1) is 23.1. The van der Waals surface area contributed by atoms with Crippen LogP contribution >= 0.6 is 23.2 Å². The van der Waals surface area contributed by atoms with E-state index in [2.05, 4.69) is 15.0 Å². The zero-order valence-electron chi connectivity index (χ0n) is 16.5. The second-order valence-corrected chi connectivity index (χ2v) is 7.31. The SMILES string of the molecule is CC(=O)OC[C@H]1O[C@@H](n2cnc3c(Cl)nc(Cl)nc32)C(OC(C)=O)[C@@H](O)C1OC(C)=O. The molecule has 1 aliphatic heterocycles. The monoisotopic (exact) mass is 476 g/mol. The number of aromatic nitrogens is 4. The number of rotatable bonds is 5. The summed E-state index contributed by atoms with van der Waals surface area (Å²) in [7, 11) is 0. The normalized spacial score (nSPS) is 25.8. The minimum Gasteiger partial charge on any atom is -0.463 e. The molecule has 14 heteroatoms. The molecule has 2 unspecified atom stereocenters. The Hall–Kier alpha value is -2.54. The Balaban J connectivity index is 2.06. The molecule has 0 saturated carbocycles. The Kier molecular flexibility index (Phi) is 6.94. The van der Waals surface area contributed by atoms with Gasteiger partial charge in [-0.05, 0) is 11.6 Å². The van der Waals surface area contributed by atoms with E-state index < -0.39 is 48.6 Å². The van der Waals surface area contributed by atoms with E-state index in [4.69, 9.17) is 42.1 Å². The molecule has 31 heavy (non-hydrogen) atoms. The number of aliphatic hydroxyl groups excluding tert-OH is 1. The van der Waals surface area contributed by atoms with Crippen molar-refractivity contribution in [3.63, 3.8) is 0 Å². The predicted molar refractivity (Wildman–Crippen MR) is 103 cm³/mol. The van der Waals surface area contributed by atoms with Crippen LogP contribution in [0.1, 0.15) is 27.0 Å². The van der Waals surface area contributed by atoms with E-state index in [0.717, 1.165) is 13.8 Å². The summed E-state index contributed by atoms with van der Waals surface area (Å²) in [6.45, 7) is 3.10. The third-order valence-corrected chi connectivity index (χ3v) is 4.75. The van der Waals surface area contributed by atoms with Crippen LogP contribution in [0.25, 0.3) is 11.2 Å². The van der Waals surface area contributed by atoms with Crippen molar-refractivity contribution in [2.45, 2.75) is 51.4 Å². The Morgan fingerprint density at radius 2 is 1.74 bits per heavy atom. The second kappa shape index (κ2) is 9.30. The van der Waals surface area contributed by atoms with Crippen molar-refractivity contribution in [1.29, 1.82) is 0 Å². The number of hydrogen-bond acceptors (Lipinski definition) is 11. The Morgan fingerprint density at radius 1 is 1.10 bits per heavy atom. The van der Waals surface area contributed by atoms with Gasteiger partial charge in [-0.2, -0.15) is 4.98 Å². The number of carbonyl (C=O) groups excluding carboxylic acids is 3. The smallest absolute Gasteiger partial charge is 0.303 e. The lowest BCUT2D eigenvalue weighted by atomic mass is 9.97. The molecule has 0 aromatic carbocycles. The van der Waals surface area contributed by atoms with Crippen molar-refractivity contribution < 1.29 is 38.4 Å². The van der Waals surface area contributed by atoms with E-state index in [1.807, 2.05) is 0 Å². The minimum absolute atomic E-state index is 0.0246. The van der Waals surface area contributed by atoms with Gasteiger partial charge < -0.3 is 24.1 Å². The average molecular weight is 477 g/mol. The first-order chi connectivity index (χ1) is 14.6. The number of carbonyl (C=O) groups is 3. The van der Waals surface area contributed by atoms with Gasteiger partial charge in [0.25, 0.3) is 0 Å². The highest BCUT2D eigenvalue weighted by Gasteiger charge is 2.50. The van der Waals surface area contributed by atoms with Crippen molar-refractivity contribution in [2.24, 2.45) is 0 Å². The standard InChI is InChI=1S/C17H18Cl2N4O8/c1-6(24)28-4-9-12(29-7(2)25)11(27)13(30-8(3)26)16(31-9)23-5-20-10-14(18)21-17(19)22-15(10)23/h5,9,11-13,16,27H,4H2,1-3H3/t9-,11+,12?,13?,16-/m1/s1. The van der Waals surface area contributed by atoms with Crippen LogP contribution in [0.3, 0.4) is 0 Å². The predicted octanol–water partition coefficient (Wildman–Crippen LogP) is 0.818. The van der Waals surface area contributed by atoms with Crippen LogP contribution in [-0.2, 0) is 33.3 Å². The molecule has 1 aliphatic rings. The molecule has 0 aliphatic carbocycles. The van der Waals surface area contributed by atoms with Crippen LogP contribution in [0.5, 0.6) is 0 Å². The molecule has 0 bridgehead atoms. The lowest BCUT2D eigenvalue weighted by molar-refractivity contribution is -0.263. The summed E-state index contributed by atoms with van der Waals surface area (Å²) in [6, 6.07) is 0. The van der Waals surface area contributed by atoms with E-state index in [1.54, 1.807) is 0 Å². The summed E-state index contributed by atoms with van der Waals surface area (Å²) in [5, 5.41) is 10.7. The molecule has 1 N–H and O–H groups in total. The fourth-order valence-corrected chi connectivity index (χ4v) is 3.59. The first-order valence-corrected chi connectivity index (χ1v) is 9.71. The van der Waals surface area contributed by atoms with Gasteiger partial charge in [0.15, 0.2) is 29.2 Å². The largest absolute Gasteiger partial charge is 0.463 e. The van der Waals surface area contributed by atoms with Crippen molar-refractivity contribution in [2.75, 3.05) is 6.61 Å². The quantitative estimate of drug-likeness (QED) is 0.282. The van der Waals surface area contributed by atoms with Crippen molar-refractivity contribution in [1.82, 2.24) is 19.5 Å². The van der Waals surface area contributed by atoms with Gasteiger partial charge in [-0.1, -0.05) is 11.6 Å². The molecule has 2 aromatic rings. The minimum atomic E-state index is -1.54. The van der Waals surface area contributed by atoms with Gasteiger partial charge in [-0.25, -0.2) is 9.97 Å². The molecular weight excluding hydrogens is 459 g/mol. The molecule has 3 rings (SSSR count). The lowest BCUT2D eigenvalue weighted by Gasteiger charge is -2.43. The van der Waals surface area contributed by atoms with Gasteiger partial charge in [0.05, 0.1) is 6.33 Å². The van der Waals surface area contributed by atoms with Crippen molar-refractivity contribution in [3.8, 4) is 0 Å². The summed E-state index contributed by atoms with van der Waals surface area (Å²) in [6.07, 6.45) is -5.22. The van der Waals surface area contributed by atoms with E-state index in [9.17, 15) is 19.5 Å². The number of ether oxygens (including phenoxy) is 4. The summed E-state index contributed by atoms with van der Waals surface area (Å²) >= 11 is 12.0. The van der Waals surface area contributed by atoms with E-state index in [-0.39, 0.29) is 28.2 Å². The van der Waals surface area contributed by atoms with Gasteiger partial charge in [-0.3, -0.25) is 19.0 Å². The van der Waals surface area contributed by atoms with E-state index in [0.29, 0.717) is 0 Å². The molecule has 2 aromatic heterocycles. The maximum Gasteiger partial charge on any atom is 0.303 e. The molecule has 168 valence electrons.